The van der Waals surface area contributed by atoms with Gasteiger partial charge in [0.1, 0.15) is 0 Å². The Kier molecular flexibility index (Phi) is 4.21. The van der Waals surface area contributed by atoms with Crippen LogP contribution in [0.1, 0.15) is 47.9 Å². The van der Waals surface area contributed by atoms with Gasteiger partial charge in [-0.1, -0.05) is 135 Å². The first kappa shape index (κ1) is 21.0. The minimum Gasteiger partial charge on any atom is -0.0758 e. The molecule has 37 heavy (non-hydrogen) atoms. The second-order valence-corrected chi connectivity index (χ2v) is 11.4. The molecule has 2 unspecified atom stereocenters. The van der Waals surface area contributed by atoms with Crippen LogP contribution in [0.5, 0.6) is 0 Å². The van der Waals surface area contributed by atoms with Gasteiger partial charge >= 0.3 is 0 Å². The van der Waals surface area contributed by atoms with Gasteiger partial charge in [0.25, 0.3) is 0 Å². The lowest BCUT2D eigenvalue weighted by Gasteiger charge is -2.38. The Labute approximate surface area is 217 Å². The largest absolute Gasteiger partial charge is 0.0758 e. The second kappa shape index (κ2) is 7.43. The molecular formula is C37H28. The summed E-state index contributed by atoms with van der Waals surface area (Å²) in [6.45, 7) is 4.96. The van der Waals surface area contributed by atoms with Crippen molar-refractivity contribution >= 4 is 55.2 Å². The third-order valence-electron chi connectivity index (χ3n) is 9.13. The quantitative estimate of drug-likeness (QED) is 0.220. The van der Waals surface area contributed by atoms with Gasteiger partial charge in [-0.3, -0.25) is 0 Å². The summed E-state index contributed by atoms with van der Waals surface area (Å²) in [6.07, 6.45) is 9.67. The fraction of sp³-hybridized carbons (Fsp3) is 0.135. The smallest absolute Gasteiger partial charge is 0.00936 e. The maximum Gasteiger partial charge on any atom is 0.00936 e. The summed E-state index contributed by atoms with van der Waals surface area (Å²) in [6, 6.07) is 36.1. The third kappa shape index (κ3) is 2.84. The van der Waals surface area contributed by atoms with E-state index in [0.717, 1.165) is 0 Å². The molecule has 0 amide bonds. The lowest BCUT2D eigenvalue weighted by atomic mass is 9.65. The summed E-state index contributed by atoms with van der Waals surface area (Å²) in [5, 5.41) is 10.9. The maximum absolute atomic E-state index is 2.48. The molecule has 0 bridgehead atoms. The maximum atomic E-state index is 2.48. The zero-order valence-electron chi connectivity index (χ0n) is 21.2. The second-order valence-electron chi connectivity index (χ2n) is 11.4. The van der Waals surface area contributed by atoms with Gasteiger partial charge in [0.15, 0.2) is 0 Å². The van der Waals surface area contributed by atoms with E-state index in [1.54, 1.807) is 0 Å². The molecule has 0 radical (unpaired) electrons. The van der Waals surface area contributed by atoms with Gasteiger partial charge in [-0.05, 0) is 70.8 Å². The van der Waals surface area contributed by atoms with E-state index >= 15 is 0 Å². The molecule has 0 saturated carbocycles. The Morgan fingerprint density at radius 2 is 0.865 bits per heavy atom. The fourth-order valence-corrected chi connectivity index (χ4v) is 7.27. The highest BCUT2D eigenvalue weighted by Crippen LogP contribution is 2.57. The number of allylic oxidation sites excluding steroid dienone is 2. The lowest BCUT2D eigenvalue weighted by molar-refractivity contribution is 0.294. The summed E-state index contributed by atoms with van der Waals surface area (Å²) in [5.74, 6) is 0.644. The van der Waals surface area contributed by atoms with E-state index in [0.29, 0.717) is 11.8 Å². The minimum absolute atomic E-state index is 0.0139. The molecule has 176 valence electrons. The molecule has 0 nitrogen and oxygen atoms in total. The van der Waals surface area contributed by atoms with Gasteiger partial charge in [0.05, 0.1) is 0 Å². The molecule has 6 aromatic rings. The first-order valence-corrected chi connectivity index (χ1v) is 13.4. The van der Waals surface area contributed by atoms with Gasteiger partial charge in [0, 0.05) is 11.8 Å². The molecule has 2 atom stereocenters. The van der Waals surface area contributed by atoms with Gasteiger partial charge in [-0.2, -0.15) is 0 Å². The third-order valence-corrected chi connectivity index (χ3v) is 9.13. The molecular weight excluding hydrogens is 444 g/mol. The van der Waals surface area contributed by atoms with E-state index in [2.05, 4.69) is 135 Å². The van der Waals surface area contributed by atoms with Crippen molar-refractivity contribution in [2.45, 2.75) is 25.7 Å². The number of hydrogen-bond acceptors (Lipinski definition) is 0. The highest BCUT2D eigenvalue weighted by atomic mass is 14.5. The monoisotopic (exact) mass is 472 g/mol. The zero-order valence-corrected chi connectivity index (χ0v) is 21.2. The van der Waals surface area contributed by atoms with Crippen molar-refractivity contribution in [2.24, 2.45) is 5.41 Å². The molecule has 0 saturated heterocycles. The van der Waals surface area contributed by atoms with Crippen molar-refractivity contribution in [2.75, 3.05) is 0 Å². The summed E-state index contributed by atoms with van der Waals surface area (Å²) in [4.78, 5) is 0. The number of rotatable bonds is 2. The molecule has 6 aromatic carbocycles. The molecule has 0 heteroatoms. The van der Waals surface area contributed by atoms with Crippen molar-refractivity contribution in [3.05, 3.63) is 131 Å². The molecule has 0 aromatic heterocycles. The molecule has 0 fully saturated rings. The zero-order chi connectivity index (χ0) is 24.7. The number of hydrogen-bond donors (Lipinski definition) is 0. The van der Waals surface area contributed by atoms with Crippen LogP contribution in [0.3, 0.4) is 0 Å². The van der Waals surface area contributed by atoms with Crippen LogP contribution < -0.4 is 0 Å². The van der Waals surface area contributed by atoms with Gasteiger partial charge in [-0.15, -0.1) is 0 Å². The predicted octanol–water partition coefficient (Wildman–Crippen LogP) is 10.2. The summed E-state index contributed by atoms with van der Waals surface area (Å²) < 4.78 is 0. The minimum atomic E-state index is -0.0139. The number of fused-ring (bicyclic) bond motifs is 10. The van der Waals surface area contributed by atoms with E-state index in [4.69, 9.17) is 0 Å². The average Bonchev–Trinajstić information content (AvgIpc) is 3.58. The van der Waals surface area contributed by atoms with Gasteiger partial charge < -0.3 is 0 Å². The Hall–Kier alpha value is -4.16. The van der Waals surface area contributed by atoms with E-state index < -0.39 is 0 Å². The van der Waals surface area contributed by atoms with Crippen LogP contribution in [0.25, 0.3) is 55.2 Å². The van der Waals surface area contributed by atoms with Crippen LogP contribution in [-0.2, 0) is 0 Å². The summed E-state index contributed by atoms with van der Waals surface area (Å²) in [5.41, 5.74) is 5.71. The topological polar surface area (TPSA) is 0 Å². The first-order valence-electron chi connectivity index (χ1n) is 13.4. The van der Waals surface area contributed by atoms with Crippen molar-refractivity contribution in [3.63, 3.8) is 0 Å². The molecule has 0 heterocycles. The first-order chi connectivity index (χ1) is 18.1. The molecule has 0 N–H and O–H groups in total. The standard InChI is InChI=1S/C37H28/c1-37(2,31-21-19-27-17-15-25-13-11-23-7-3-5-9-29(23)33(25)35(27)31)32-22-20-28-18-16-26-14-12-24-8-4-6-10-30(24)34(26)36(28)32/h3-22,31-32H,1-2H3. The molecule has 0 spiro atoms. The Balaban J connectivity index is 1.37. The Bertz CT molecular complexity index is 1820. The van der Waals surface area contributed by atoms with Gasteiger partial charge in [-0.25, -0.2) is 0 Å². The summed E-state index contributed by atoms with van der Waals surface area (Å²) in [7, 11) is 0. The number of benzene rings is 6. The predicted molar refractivity (Wildman–Crippen MR) is 160 cm³/mol. The van der Waals surface area contributed by atoms with Crippen LogP contribution in [0.15, 0.2) is 109 Å². The van der Waals surface area contributed by atoms with Crippen molar-refractivity contribution < 1.29 is 0 Å². The Morgan fingerprint density at radius 3 is 1.35 bits per heavy atom. The lowest BCUT2D eigenvalue weighted by Crippen LogP contribution is -2.27. The van der Waals surface area contributed by atoms with Crippen LogP contribution >= 0.6 is 0 Å². The van der Waals surface area contributed by atoms with Crippen molar-refractivity contribution in [1.29, 1.82) is 0 Å². The average molecular weight is 473 g/mol. The van der Waals surface area contributed by atoms with Crippen LogP contribution in [0.4, 0.5) is 0 Å². The van der Waals surface area contributed by atoms with Crippen LogP contribution in [0, 0.1) is 5.41 Å². The highest BCUT2D eigenvalue weighted by molar-refractivity contribution is 6.12. The van der Waals surface area contributed by atoms with Crippen molar-refractivity contribution in [1.82, 2.24) is 0 Å². The molecule has 8 rings (SSSR count). The SMILES string of the molecule is CC(C)(C1C=Cc2ccc3ccc4ccccc4c3c21)C1C=Cc2ccc3ccc4ccccc4c3c21. The molecule has 2 aliphatic carbocycles. The van der Waals surface area contributed by atoms with Crippen molar-refractivity contribution in [3.8, 4) is 0 Å². The normalized spacial score (nSPS) is 18.3. The highest BCUT2D eigenvalue weighted by Gasteiger charge is 2.42. The fourth-order valence-electron chi connectivity index (χ4n) is 7.27. The summed E-state index contributed by atoms with van der Waals surface area (Å²) >= 11 is 0. The van der Waals surface area contributed by atoms with E-state index in [9.17, 15) is 0 Å². The molecule has 2 aliphatic rings. The van der Waals surface area contributed by atoms with Crippen LogP contribution in [-0.4, -0.2) is 0 Å². The van der Waals surface area contributed by atoms with E-state index in [1.807, 2.05) is 0 Å². The molecule has 0 aliphatic heterocycles. The van der Waals surface area contributed by atoms with Crippen LogP contribution in [0.2, 0.25) is 0 Å². The van der Waals surface area contributed by atoms with E-state index in [-0.39, 0.29) is 5.41 Å². The van der Waals surface area contributed by atoms with E-state index in [1.165, 1.54) is 65.3 Å². The Morgan fingerprint density at radius 1 is 0.459 bits per heavy atom. The van der Waals surface area contributed by atoms with Gasteiger partial charge in [0.2, 0.25) is 0 Å².